The van der Waals surface area contributed by atoms with E-state index < -0.39 is 11.7 Å². The summed E-state index contributed by atoms with van der Waals surface area (Å²) in [7, 11) is 0. The second-order valence-corrected chi connectivity index (χ2v) is 11.2. The third kappa shape index (κ3) is 4.84. The zero-order chi connectivity index (χ0) is 26.4. The highest BCUT2D eigenvalue weighted by Gasteiger charge is 2.54. The highest BCUT2D eigenvalue weighted by Crippen LogP contribution is 2.55. The standard InChI is InChI=1S/C30H33F3N2O2/c1-19(2)18-35(28(37)13-8-20-6-9-21(10-7-20)30(31,32)33)22-11-12-25-26-16-23-24(4-3-5-27(23)36)29(25,17-22)14-15-34-26/h3-7,9-10,19,22,25-26,34,36H,11-12,14-18H2,1-2H3/t22-,25-,26+,29+/m0/s1. The number of amides is 1. The van der Waals surface area contributed by atoms with E-state index in [0.717, 1.165) is 56.3 Å². The zero-order valence-electron chi connectivity index (χ0n) is 21.2. The van der Waals surface area contributed by atoms with Gasteiger partial charge in [0.05, 0.1) is 5.56 Å². The van der Waals surface area contributed by atoms with Crippen molar-refractivity contribution in [2.75, 3.05) is 13.1 Å². The number of benzene rings is 2. The number of rotatable bonds is 3. The van der Waals surface area contributed by atoms with Gasteiger partial charge >= 0.3 is 6.18 Å². The van der Waals surface area contributed by atoms with E-state index in [-0.39, 0.29) is 23.3 Å². The van der Waals surface area contributed by atoms with E-state index in [9.17, 15) is 23.1 Å². The Labute approximate surface area is 216 Å². The van der Waals surface area contributed by atoms with Gasteiger partial charge in [-0.05, 0) is 91.9 Å². The molecule has 1 saturated carbocycles. The third-order valence-corrected chi connectivity index (χ3v) is 8.49. The molecule has 0 aromatic heterocycles. The van der Waals surface area contributed by atoms with E-state index in [2.05, 4.69) is 37.1 Å². The quantitative estimate of drug-likeness (QED) is 0.553. The van der Waals surface area contributed by atoms with Crippen LogP contribution < -0.4 is 5.32 Å². The summed E-state index contributed by atoms with van der Waals surface area (Å²) in [5.74, 6) is 6.27. The number of fused-ring (bicyclic) bond motifs is 1. The fourth-order valence-corrected chi connectivity index (χ4v) is 6.95. The molecule has 1 aliphatic heterocycles. The molecule has 0 spiro atoms. The maximum atomic E-state index is 13.4. The predicted octanol–water partition coefficient (Wildman–Crippen LogP) is 5.27. The average Bonchev–Trinajstić information content (AvgIpc) is 2.85. The first kappa shape index (κ1) is 25.7. The lowest BCUT2D eigenvalue weighted by atomic mass is 9.51. The van der Waals surface area contributed by atoms with Crippen molar-refractivity contribution in [3.8, 4) is 17.6 Å². The zero-order valence-corrected chi connectivity index (χ0v) is 21.2. The molecule has 2 N–H and O–H groups in total. The molecule has 1 amide bonds. The second kappa shape index (κ2) is 9.72. The minimum Gasteiger partial charge on any atom is -0.508 e. The van der Waals surface area contributed by atoms with E-state index in [4.69, 9.17) is 0 Å². The Balaban J connectivity index is 1.42. The van der Waals surface area contributed by atoms with Gasteiger partial charge < -0.3 is 15.3 Å². The summed E-state index contributed by atoms with van der Waals surface area (Å²) in [4.78, 5) is 15.3. The van der Waals surface area contributed by atoms with Crippen molar-refractivity contribution in [2.45, 2.75) is 69.6 Å². The molecule has 2 bridgehead atoms. The van der Waals surface area contributed by atoms with Crippen molar-refractivity contribution in [1.29, 1.82) is 0 Å². The summed E-state index contributed by atoms with van der Waals surface area (Å²) >= 11 is 0. The number of phenolic OH excluding ortho intramolecular Hbond substituents is 1. The molecule has 2 aromatic carbocycles. The summed E-state index contributed by atoms with van der Waals surface area (Å²) < 4.78 is 38.6. The van der Waals surface area contributed by atoms with Crippen LogP contribution in [0.4, 0.5) is 13.2 Å². The molecule has 1 saturated heterocycles. The molecule has 2 aromatic rings. The molecule has 0 radical (unpaired) electrons. The second-order valence-electron chi connectivity index (χ2n) is 11.2. The summed E-state index contributed by atoms with van der Waals surface area (Å²) in [6.45, 7) is 5.62. The van der Waals surface area contributed by atoms with Gasteiger partial charge in [0.25, 0.3) is 5.91 Å². The topological polar surface area (TPSA) is 52.6 Å². The molecular weight excluding hydrogens is 477 g/mol. The molecular formula is C30H33F3N2O2. The Bertz CT molecular complexity index is 1230. The molecule has 1 heterocycles. The summed E-state index contributed by atoms with van der Waals surface area (Å²) in [5.41, 5.74) is 1.81. The van der Waals surface area contributed by atoms with Crippen LogP contribution in [0.5, 0.6) is 5.75 Å². The fourth-order valence-electron chi connectivity index (χ4n) is 6.95. The summed E-state index contributed by atoms with van der Waals surface area (Å²) in [5, 5.41) is 14.3. The van der Waals surface area contributed by atoms with Crippen molar-refractivity contribution in [3.63, 3.8) is 0 Å². The number of nitrogens with zero attached hydrogens (tertiary/aromatic N) is 1. The minimum absolute atomic E-state index is 0.0140. The molecule has 0 unspecified atom stereocenters. The number of carbonyl (C=O) groups excluding carboxylic acids is 1. The SMILES string of the molecule is CC(C)CN(C(=O)C#Cc1ccc(C(F)(F)F)cc1)[C@H]1CC[C@H]2[C@H]3Cc4c(O)cccc4[C@@]2(CCN3)C1. The normalized spacial score (nSPS) is 26.5. The number of piperidine rings is 1. The van der Waals surface area contributed by atoms with Crippen molar-refractivity contribution < 1.29 is 23.1 Å². The Hall–Kier alpha value is -2.98. The van der Waals surface area contributed by atoms with Gasteiger partial charge in [-0.25, -0.2) is 0 Å². The first-order valence-electron chi connectivity index (χ1n) is 13.1. The number of phenols is 1. The first-order valence-corrected chi connectivity index (χ1v) is 13.1. The molecule has 2 fully saturated rings. The third-order valence-electron chi connectivity index (χ3n) is 8.49. The molecule has 2 aliphatic carbocycles. The van der Waals surface area contributed by atoms with Gasteiger partial charge in [-0.15, -0.1) is 0 Å². The monoisotopic (exact) mass is 510 g/mol. The fraction of sp³-hybridized carbons (Fsp3) is 0.500. The molecule has 5 rings (SSSR count). The maximum absolute atomic E-state index is 13.4. The van der Waals surface area contributed by atoms with Gasteiger partial charge in [-0.3, -0.25) is 4.79 Å². The summed E-state index contributed by atoms with van der Waals surface area (Å²) in [6.07, 6.45) is 0.0855. The van der Waals surface area contributed by atoms with E-state index >= 15 is 0 Å². The largest absolute Gasteiger partial charge is 0.508 e. The van der Waals surface area contributed by atoms with Gasteiger partial charge in [-0.2, -0.15) is 13.2 Å². The van der Waals surface area contributed by atoms with Crippen LogP contribution in [0.25, 0.3) is 0 Å². The van der Waals surface area contributed by atoms with Gasteiger partial charge in [0.15, 0.2) is 0 Å². The Morgan fingerprint density at radius 2 is 1.95 bits per heavy atom. The number of hydrogen-bond donors (Lipinski definition) is 2. The van der Waals surface area contributed by atoms with Crippen molar-refractivity contribution >= 4 is 5.91 Å². The van der Waals surface area contributed by atoms with Crippen LogP contribution in [0, 0.1) is 23.7 Å². The molecule has 196 valence electrons. The van der Waals surface area contributed by atoms with E-state index in [0.29, 0.717) is 29.8 Å². The highest BCUT2D eigenvalue weighted by atomic mass is 19.4. The Morgan fingerprint density at radius 3 is 2.65 bits per heavy atom. The van der Waals surface area contributed by atoms with Crippen molar-refractivity contribution in [1.82, 2.24) is 10.2 Å². The Kier molecular flexibility index (Phi) is 6.74. The van der Waals surface area contributed by atoms with E-state index in [1.807, 2.05) is 11.0 Å². The van der Waals surface area contributed by atoms with Crippen LogP contribution in [0.15, 0.2) is 42.5 Å². The molecule has 7 heteroatoms. The predicted molar refractivity (Wildman–Crippen MR) is 136 cm³/mol. The smallest absolute Gasteiger partial charge is 0.416 e. The van der Waals surface area contributed by atoms with Crippen molar-refractivity contribution in [3.05, 3.63) is 64.7 Å². The lowest BCUT2D eigenvalue weighted by Gasteiger charge is -2.58. The summed E-state index contributed by atoms with van der Waals surface area (Å²) in [6, 6.07) is 10.8. The minimum atomic E-state index is -4.41. The number of alkyl halides is 3. The van der Waals surface area contributed by atoms with Gasteiger partial charge in [0, 0.05) is 35.5 Å². The van der Waals surface area contributed by atoms with E-state index in [1.54, 1.807) is 6.07 Å². The van der Waals surface area contributed by atoms with Crippen molar-refractivity contribution in [2.24, 2.45) is 11.8 Å². The van der Waals surface area contributed by atoms with Crippen LogP contribution in [-0.4, -0.2) is 41.1 Å². The molecule has 3 aliphatic rings. The lowest BCUT2D eigenvalue weighted by Crippen LogP contribution is -2.62. The first-order chi connectivity index (χ1) is 17.6. The van der Waals surface area contributed by atoms with Gasteiger partial charge in [-0.1, -0.05) is 31.9 Å². The van der Waals surface area contributed by atoms with E-state index in [1.165, 1.54) is 17.7 Å². The molecule has 4 nitrogen and oxygen atoms in total. The molecule has 37 heavy (non-hydrogen) atoms. The number of halogens is 3. The van der Waals surface area contributed by atoms with Gasteiger partial charge in [0.2, 0.25) is 0 Å². The van der Waals surface area contributed by atoms with Crippen LogP contribution in [-0.2, 0) is 22.8 Å². The number of nitrogens with one attached hydrogen (secondary N) is 1. The lowest BCUT2D eigenvalue weighted by molar-refractivity contribution is -0.137. The average molecular weight is 511 g/mol. The van der Waals surface area contributed by atoms with Crippen LogP contribution in [0.2, 0.25) is 0 Å². The van der Waals surface area contributed by atoms with Crippen LogP contribution >= 0.6 is 0 Å². The maximum Gasteiger partial charge on any atom is 0.416 e. The van der Waals surface area contributed by atoms with Crippen LogP contribution in [0.1, 0.15) is 61.8 Å². The number of hydrogen-bond acceptors (Lipinski definition) is 3. The Morgan fingerprint density at radius 1 is 1.19 bits per heavy atom. The number of aromatic hydroxyl groups is 1. The molecule has 4 atom stereocenters. The van der Waals surface area contributed by atoms with Crippen LogP contribution in [0.3, 0.4) is 0 Å². The number of carbonyl (C=O) groups is 1. The van der Waals surface area contributed by atoms with Gasteiger partial charge in [0.1, 0.15) is 5.75 Å². The highest BCUT2D eigenvalue weighted by molar-refractivity contribution is 5.94.